The van der Waals surface area contributed by atoms with Gasteiger partial charge in [0, 0.05) is 18.0 Å². The Morgan fingerprint density at radius 1 is 1.32 bits per heavy atom. The zero-order valence-corrected chi connectivity index (χ0v) is 13.0. The Balaban J connectivity index is 0.00000133. The topological polar surface area (TPSA) is 23.5 Å². The zero-order chi connectivity index (χ0) is 12.4. The number of aliphatic hydroxyl groups excluding tert-OH is 1. The summed E-state index contributed by atoms with van der Waals surface area (Å²) in [5.74, 6) is 1.94. The molecule has 108 valence electrons. The lowest BCUT2D eigenvalue weighted by Crippen LogP contribution is -2.30. The molecule has 1 saturated heterocycles. The molecule has 2 nitrogen and oxygen atoms in total. The number of likely N-dealkylation sites (tertiary alicyclic amines) is 1. The van der Waals surface area contributed by atoms with Gasteiger partial charge in [0.25, 0.3) is 0 Å². The molecule has 3 unspecified atom stereocenters. The van der Waals surface area contributed by atoms with Gasteiger partial charge in [0.1, 0.15) is 0 Å². The van der Waals surface area contributed by atoms with E-state index in [1.807, 2.05) is 17.5 Å². The third-order valence-corrected chi connectivity index (χ3v) is 5.58. The first-order valence-electron chi connectivity index (χ1n) is 7.25. The van der Waals surface area contributed by atoms with E-state index in [-0.39, 0.29) is 18.5 Å². The minimum Gasteiger partial charge on any atom is -0.388 e. The molecule has 2 aliphatic rings. The quantitative estimate of drug-likeness (QED) is 0.916. The normalized spacial score (nSPS) is 28.7. The first-order chi connectivity index (χ1) is 8.81. The molecule has 1 saturated carbocycles. The molecule has 19 heavy (non-hydrogen) atoms. The molecule has 3 atom stereocenters. The van der Waals surface area contributed by atoms with Crippen molar-refractivity contribution in [2.75, 3.05) is 19.6 Å². The predicted molar refractivity (Wildman–Crippen MR) is 83.0 cm³/mol. The lowest BCUT2D eigenvalue weighted by molar-refractivity contribution is 0.139. The maximum absolute atomic E-state index is 10.1. The van der Waals surface area contributed by atoms with Crippen LogP contribution in [-0.4, -0.2) is 29.6 Å². The second-order valence-electron chi connectivity index (χ2n) is 5.95. The third-order valence-electron chi connectivity index (χ3n) is 4.61. The molecule has 1 aromatic rings. The van der Waals surface area contributed by atoms with E-state index in [1.54, 1.807) is 11.3 Å². The van der Waals surface area contributed by atoms with E-state index in [4.69, 9.17) is 0 Å². The molecule has 4 heteroatoms. The van der Waals surface area contributed by atoms with Crippen LogP contribution in [0.4, 0.5) is 0 Å². The van der Waals surface area contributed by atoms with Gasteiger partial charge in [-0.05, 0) is 55.5 Å². The molecule has 1 aromatic heterocycles. The van der Waals surface area contributed by atoms with Gasteiger partial charge in [-0.2, -0.15) is 0 Å². The summed E-state index contributed by atoms with van der Waals surface area (Å²) in [4.78, 5) is 3.70. The molecule has 2 bridgehead atoms. The van der Waals surface area contributed by atoms with Crippen LogP contribution >= 0.6 is 23.7 Å². The Hall–Kier alpha value is -0.0900. The van der Waals surface area contributed by atoms with Crippen molar-refractivity contribution in [3.63, 3.8) is 0 Å². The fourth-order valence-corrected chi connectivity index (χ4v) is 4.31. The smallest absolute Gasteiger partial charge is 0.0894 e. The van der Waals surface area contributed by atoms with Crippen molar-refractivity contribution in [3.05, 3.63) is 22.4 Å². The monoisotopic (exact) mass is 301 g/mol. The Bertz CT molecular complexity index is 370. The number of aliphatic hydroxyl groups is 1. The first-order valence-corrected chi connectivity index (χ1v) is 8.13. The Morgan fingerprint density at radius 3 is 2.95 bits per heavy atom. The molecule has 0 amide bonds. The maximum Gasteiger partial charge on any atom is 0.0894 e. The molecule has 2 fully saturated rings. The molecule has 1 aliphatic carbocycles. The van der Waals surface area contributed by atoms with Crippen molar-refractivity contribution in [1.82, 2.24) is 4.90 Å². The van der Waals surface area contributed by atoms with Crippen LogP contribution < -0.4 is 0 Å². The van der Waals surface area contributed by atoms with Gasteiger partial charge in [-0.1, -0.05) is 12.5 Å². The van der Waals surface area contributed by atoms with Crippen LogP contribution in [0.5, 0.6) is 0 Å². The average Bonchev–Trinajstić information content (AvgIpc) is 2.97. The summed E-state index contributed by atoms with van der Waals surface area (Å²) in [5, 5.41) is 12.2. The molecule has 0 spiro atoms. The van der Waals surface area contributed by atoms with Crippen LogP contribution in [-0.2, 0) is 0 Å². The van der Waals surface area contributed by atoms with Gasteiger partial charge in [-0.3, -0.25) is 0 Å². The Labute approximate surface area is 126 Å². The van der Waals surface area contributed by atoms with Crippen LogP contribution in [0.15, 0.2) is 17.5 Å². The highest BCUT2D eigenvalue weighted by atomic mass is 35.5. The van der Waals surface area contributed by atoms with E-state index in [1.165, 1.54) is 38.8 Å². The third kappa shape index (κ3) is 3.94. The van der Waals surface area contributed by atoms with E-state index >= 15 is 0 Å². The summed E-state index contributed by atoms with van der Waals surface area (Å²) in [5.41, 5.74) is 0. The summed E-state index contributed by atoms with van der Waals surface area (Å²) >= 11 is 1.67. The van der Waals surface area contributed by atoms with Crippen molar-refractivity contribution >= 4 is 23.7 Å². The highest BCUT2D eigenvalue weighted by molar-refractivity contribution is 7.10. The Kier molecular flexibility index (Phi) is 5.70. The highest BCUT2D eigenvalue weighted by Crippen LogP contribution is 2.36. The van der Waals surface area contributed by atoms with Gasteiger partial charge >= 0.3 is 0 Å². The summed E-state index contributed by atoms with van der Waals surface area (Å²) in [6, 6.07) is 4.06. The summed E-state index contributed by atoms with van der Waals surface area (Å²) < 4.78 is 0. The van der Waals surface area contributed by atoms with Crippen LogP contribution in [0.25, 0.3) is 0 Å². The van der Waals surface area contributed by atoms with Gasteiger partial charge in [0.05, 0.1) is 6.10 Å². The van der Waals surface area contributed by atoms with Gasteiger partial charge in [0.15, 0.2) is 0 Å². The Morgan fingerprint density at radius 2 is 2.16 bits per heavy atom. The van der Waals surface area contributed by atoms with Crippen LogP contribution in [0.3, 0.4) is 0 Å². The number of rotatable bonds is 4. The molecule has 0 aromatic carbocycles. The zero-order valence-electron chi connectivity index (χ0n) is 11.3. The van der Waals surface area contributed by atoms with Crippen molar-refractivity contribution in [1.29, 1.82) is 0 Å². The van der Waals surface area contributed by atoms with E-state index in [0.29, 0.717) is 0 Å². The first kappa shape index (κ1) is 15.3. The molecule has 0 radical (unpaired) electrons. The number of fused-ring (bicyclic) bond motifs is 2. The summed E-state index contributed by atoms with van der Waals surface area (Å²) in [7, 11) is 0. The molecular weight excluding hydrogens is 278 g/mol. The second kappa shape index (κ2) is 7.07. The van der Waals surface area contributed by atoms with Gasteiger partial charge < -0.3 is 10.0 Å². The number of thiophene rings is 1. The highest BCUT2D eigenvalue weighted by Gasteiger charge is 2.29. The van der Waals surface area contributed by atoms with Crippen LogP contribution in [0, 0.1) is 11.8 Å². The number of hydrogen-bond acceptors (Lipinski definition) is 3. The molecule has 1 aliphatic heterocycles. The molecule has 3 rings (SSSR count). The minimum atomic E-state index is -0.259. The minimum absolute atomic E-state index is 0. The van der Waals surface area contributed by atoms with E-state index < -0.39 is 0 Å². The van der Waals surface area contributed by atoms with Gasteiger partial charge in [-0.25, -0.2) is 0 Å². The fourth-order valence-electron chi connectivity index (χ4n) is 3.56. The summed E-state index contributed by atoms with van der Waals surface area (Å²) in [6.07, 6.45) is 6.38. The van der Waals surface area contributed by atoms with Crippen LogP contribution in [0.1, 0.15) is 43.1 Å². The standard InChI is InChI=1S/C15H23NOS.ClH/c17-14(15-2-1-9-18-15)6-8-16-7-5-12-3-4-13(10-12)11-16;/h1-2,9,12-14,17H,3-8,10-11H2;1H. The molecule has 1 N–H and O–H groups in total. The largest absolute Gasteiger partial charge is 0.388 e. The van der Waals surface area contributed by atoms with E-state index in [2.05, 4.69) is 4.90 Å². The predicted octanol–water partition coefficient (Wildman–Crippen LogP) is 3.72. The van der Waals surface area contributed by atoms with Crippen molar-refractivity contribution < 1.29 is 5.11 Å². The van der Waals surface area contributed by atoms with Crippen molar-refractivity contribution in [2.45, 2.75) is 38.2 Å². The maximum atomic E-state index is 10.1. The fraction of sp³-hybridized carbons (Fsp3) is 0.733. The SMILES string of the molecule is Cl.OC(CCN1CCC2CCC(C2)C1)c1cccs1. The molecular formula is C15H24ClNOS. The number of nitrogens with zero attached hydrogens (tertiary/aromatic N) is 1. The van der Waals surface area contributed by atoms with Crippen LogP contribution in [0.2, 0.25) is 0 Å². The van der Waals surface area contributed by atoms with Gasteiger partial charge in [-0.15, -0.1) is 23.7 Å². The van der Waals surface area contributed by atoms with Gasteiger partial charge in [0.2, 0.25) is 0 Å². The lowest BCUT2D eigenvalue weighted by atomic mass is 10.0. The van der Waals surface area contributed by atoms with Crippen molar-refractivity contribution in [3.8, 4) is 0 Å². The second-order valence-corrected chi connectivity index (χ2v) is 6.93. The molecule has 2 heterocycles. The lowest BCUT2D eigenvalue weighted by Gasteiger charge is -2.25. The average molecular weight is 302 g/mol. The van der Waals surface area contributed by atoms with E-state index in [0.717, 1.165) is 29.7 Å². The number of halogens is 1. The number of hydrogen-bond donors (Lipinski definition) is 1. The summed E-state index contributed by atoms with van der Waals surface area (Å²) in [6.45, 7) is 3.58. The van der Waals surface area contributed by atoms with Crippen molar-refractivity contribution in [2.24, 2.45) is 11.8 Å². The van der Waals surface area contributed by atoms with E-state index in [9.17, 15) is 5.11 Å².